The lowest BCUT2D eigenvalue weighted by molar-refractivity contribution is 0.217. The summed E-state index contributed by atoms with van der Waals surface area (Å²) in [7, 11) is -1.81. The van der Waals surface area contributed by atoms with E-state index in [4.69, 9.17) is 4.74 Å². The summed E-state index contributed by atoms with van der Waals surface area (Å²) in [6, 6.07) is 14.6. The molecule has 0 amide bonds. The first-order valence-corrected chi connectivity index (χ1v) is 9.49. The third-order valence-corrected chi connectivity index (χ3v) is 5.54. The highest BCUT2D eigenvalue weighted by molar-refractivity contribution is 7.91. The van der Waals surface area contributed by atoms with Crippen LogP contribution in [0.5, 0.6) is 0 Å². The Bertz CT molecular complexity index is 951. The Balaban J connectivity index is 1.72. The van der Waals surface area contributed by atoms with Gasteiger partial charge in [-0.05, 0) is 29.8 Å². The molecular weight excluding hydrogens is 338 g/mol. The zero-order chi connectivity index (χ0) is 17.7. The maximum Gasteiger partial charge on any atom is 0.180 e. The molecule has 0 bridgehead atoms. The van der Waals surface area contributed by atoms with Gasteiger partial charge in [-0.25, -0.2) is 18.4 Å². The Labute approximate surface area is 146 Å². The first kappa shape index (κ1) is 17.3. The van der Waals surface area contributed by atoms with E-state index in [0.29, 0.717) is 11.4 Å². The number of sulfone groups is 1. The summed E-state index contributed by atoms with van der Waals surface area (Å²) in [4.78, 5) is 8.82. The molecule has 0 spiro atoms. The maximum atomic E-state index is 12.1. The zero-order valence-electron chi connectivity index (χ0n) is 13.8. The zero-order valence-corrected chi connectivity index (χ0v) is 14.7. The summed E-state index contributed by atoms with van der Waals surface area (Å²) in [5.41, 5.74) is 1.84. The summed E-state index contributed by atoms with van der Waals surface area (Å²) in [5, 5.41) is 4.22. The van der Waals surface area contributed by atoms with Crippen LogP contribution in [-0.2, 0) is 21.1 Å². The molecule has 0 fully saturated rings. The van der Waals surface area contributed by atoms with Gasteiger partial charge in [0.2, 0.25) is 0 Å². The number of ether oxygens (including phenoxy) is 1. The van der Waals surface area contributed by atoms with Crippen LogP contribution in [0.15, 0.2) is 59.8 Å². The van der Waals surface area contributed by atoms with Crippen molar-refractivity contribution >= 4 is 26.6 Å². The lowest BCUT2D eigenvalue weighted by Gasteiger charge is -2.09. The second-order valence-corrected chi connectivity index (χ2v) is 7.66. The molecular formula is C18H19N3O3S. The molecule has 0 aliphatic carbocycles. The smallest absolute Gasteiger partial charge is 0.180 e. The van der Waals surface area contributed by atoms with Gasteiger partial charge in [-0.1, -0.05) is 24.3 Å². The molecule has 1 N–H and O–H groups in total. The van der Waals surface area contributed by atoms with Gasteiger partial charge in [-0.3, -0.25) is 0 Å². The van der Waals surface area contributed by atoms with Gasteiger partial charge in [0.05, 0.1) is 22.8 Å². The van der Waals surface area contributed by atoms with Crippen LogP contribution in [0.4, 0.5) is 5.82 Å². The van der Waals surface area contributed by atoms with Crippen LogP contribution in [0.25, 0.3) is 10.9 Å². The van der Waals surface area contributed by atoms with Crippen LogP contribution in [-0.4, -0.2) is 37.9 Å². The molecule has 6 nitrogen and oxygen atoms in total. The number of hydrogen-bond donors (Lipinski definition) is 1. The second-order valence-electron chi connectivity index (χ2n) is 5.55. The number of anilines is 1. The molecule has 7 heteroatoms. The standard InChI is InChI=1S/C18H19N3O3S/c1-24-10-11-25(22,23)15-8-6-14(7-9-15)12-19-18-16-4-2-3-5-17(16)20-13-21-18/h2-9,13H,10-12H2,1H3,(H,19,20,21). The van der Waals surface area contributed by atoms with Crippen LogP contribution in [0, 0.1) is 0 Å². The van der Waals surface area contributed by atoms with Crippen LogP contribution in [0.3, 0.4) is 0 Å². The molecule has 25 heavy (non-hydrogen) atoms. The monoisotopic (exact) mass is 357 g/mol. The minimum atomic E-state index is -3.30. The molecule has 0 saturated heterocycles. The first-order valence-electron chi connectivity index (χ1n) is 7.84. The SMILES string of the molecule is COCCS(=O)(=O)c1ccc(CNc2ncnc3ccccc23)cc1. The van der Waals surface area contributed by atoms with Crippen molar-refractivity contribution in [1.82, 2.24) is 9.97 Å². The summed E-state index contributed by atoms with van der Waals surface area (Å²) in [6.45, 7) is 0.728. The number of fused-ring (bicyclic) bond motifs is 1. The number of rotatable bonds is 7. The van der Waals surface area contributed by atoms with Gasteiger partial charge in [0.15, 0.2) is 9.84 Å². The molecule has 0 aliphatic heterocycles. The number of methoxy groups -OCH3 is 1. The first-order chi connectivity index (χ1) is 12.1. The van der Waals surface area contributed by atoms with Gasteiger partial charge in [0, 0.05) is 19.0 Å². The molecule has 0 saturated carbocycles. The molecule has 3 rings (SSSR count). The Morgan fingerprint density at radius 2 is 1.80 bits per heavy atom. The van der Waals surface area contributed by atoms with Gasteiger partial charge in [0.25, 0.3) is 0 Å². The van der Waals surface area contributed by atoms with E-state index in [9.17, 15) is 8.42 Å². The molecule has 3 aromatic rings. The quantitative estimate of drug-likeness (QED) is 0.700. The van der Waals surface area contributed by atoms with Crippen LogP contribution in [0.1, 0.15) is 5.56 Å². The number of hydrogen-bond acceptors (Lipinski definition) is 6. The van der Waals surface area contributed by atoms with Gasteiger partial charge in [0.1, 0.15) is 12.1 Å². The van der Waals surface area contributed by atoms with Crippen molar-refractivity contribution < 1.29 is 13.2 Å². The third kappa shape index (κ3) is 4.12. The average Bonchev–Trinajstić information content (AvgIpc) is 2.65. The molecule has 130 valence electrons. The summed E-state index contributed by atoms with van der Waals surface area (Å²) in [6.07, 6.45) is 1.52. The molecule has 0 atom stereocenters. The fourth-order valence-corrected chi connectivity index (χ4v) is 3.63. The Morgan fingerprint density at radius 1 is 1.04 bits per heavy atom. The molecule has 0 aliphatic rings. The van der Waals surface area contributed by atoms with E-state index >= 15 is 0 Å². The Morgan fingerprint density at radius 3 is 2.56 bits per heavy atom. The van der Waals surface area contributed by atoms with Crippen molar-refractivity contribution in [3.8, 4) is 0 Å². The lowest BCUT2D eigenvalue weighted by atomic mass is 10.2. The van der Waals surface area contributed by atoms with Gasteiger partial charge >= 0.3 is 0 Å². The number of benzene rings is 2. The number of nitrogens with zero attached hydrogens (tertiary/aromatic N) is 2. The third-order valence-electron chi connectivity index (χ3n) is 3.84. The minimum absolute atomic E-state index is 0.0198. The normalized spacial score (nSPS) is 11.6. The number of para-hydroxylation sites is 1. The van der Waals surface area contributed by atoms with E-state index in [-0.39, 0.29) is 12.4 Å². The summed E-state index contributed by atoms with van der Waals surface area (Å²) < 4.78 is 29.1. The van der Waals surface area contributed by atoms with Gasteiger partial charge < -0.3 is 10.1 Å². The van der Waals surface area contributed by atoms with Crippen molar-refractivity contribution in [2.45, 2.75) is 11.4 Å². The maximum absolute atomic E-state index is 12.1. The van der Waals surface area contributed by atoms with E-state index in [2.05, 4.69) is 15.3 Å². The van der Waals surface area contributed by atoms with Crippen molar-refractivity contribution in [3.63, 3.8) is 0 Å². The Kier molecular flexibility index (Phi) is 5.25. The van der Waals surface area contributed by atoms with E-state index in [1.165, 1.54) is 13.4 Å². The van der Waals surface area contributed by atoms with Gasteiger partial charge in [-0.2, -0.15) is 0 Å². The fourth-order valence-electron chi connectivity index (χ4n) is 2.46. The second kappa shape index (κ2) is 7.58. The van der Waals surface area contributed by atoms with Crippen molar-refractivity contribution in [2.75, 3.05) is 24.8 Å². The van der Waals surface area contributed by atoms with E-state index in [1.807, 2.05) is 24.3 Å². The highest BCUT2D eigenvalue weighted by Crippen LogP contribution is 2.19. The largest absolute Gasteiger partial charge is 0.384 e. The molecule has 0 radical (unpaired) electrons. The number of nitrogens with one attached hydrogen (secondary N) is 1. The number of aromatic nitrogens is 2. The van der Waals surface area contributed by atoms with Crippen molar-refractivity contribution in [2.24, 2.45) is 0 Å². The molecule has 1 aromatic heterocycles. The predicted molar refractivity (Wildman–Crippen MR) is 97.2 cm³/mol. The summed E-state index contributed by atoms with van der Waals surface area (Å²) >= 11 is 0. The topological polar surface area (TPSA) is 81.2 Å². The van der Waals surface area contributed by atoms with Crippen LogP contribution >= 0.6 is 0 Å². The molecule has 0 unspecified atom stereocenters. The van der Waals surface area contributed by atoms with Gasteiger partial charge in [-0.15, -0.1) is 0 Å². The van der Waals surface area contributed by atoms with Crippen LogP contribution in [0.2, 0.25) is 0 Å². The van der Waals surface area contributed by atoms with E-state index < -0.39 is 9.84 Å². The molecule has 2 aromatic carbocycles. The van der Waals surface area contributed by atoms with E-state index in [1.54, 1.807) is 24.3 Å². The Hall–Kier alpha value is -2.51. The minimum Gasteiger partial charge on any atom is -0.384 e. The lowest BCUT2D eigenvalue weighted by Crippen LogP contribution is -2.11. The van der Waals surface area contributed by atoms with Crippen molar-refractivity contribution in [1.29, 1.82) is 0 Å². The van der Waals surface area contributed by atoms with Crippen molar-refractivity contribution in [3.05, 3.63) is 60.4 Å². The predicted octanol–water partition coefficient (Wildman–Crippen LogP) is 2.66. The fraction of sp³-hybridized carbons (Fsp3) is 0.222. The summed E-state index contributed by atoms with van der Waals surface area (Å²) in [5.74, 6) is 0.732. The highest BCUT2D eigenvalue weighted by Gasteiger charge is 2.13. The van der Waals surface area contributed by atoms with E-state index in [0.717, 1.165) is 22.3 Å². The van der Waals surface area contributed by atoms with Crippen LogP contribution < -0.4 is 5.32 Å². The molecule has 1 heterocycles. The highest BCUT2D eigenvalue weighted by atomic mass is 32.2. The average molecular weight is 357 g/mol.